The highest BCUT2D eigenvalue weighted by Crippen LogP contribution is 2.27. The molecule has 0 aromatic rings. The number of rotatable bonds is 4. The fourth-order valence-electron chi connectivity index (χ4n) is 3.54. The van der Waals surface area contributed by atoms with Crippen molar-refractivity contribution < 1.29 is 9.53 Å². The molecule has 3 rings (SSSR count). The summed E-state index contributed by atoms with van der Waals surface area (Å²) in [6.07, 6.45) is 4.77. The van der Waals surface area contributed by atoms with E-state index in [1.807, 2.05) is 11.8 Å². The summed E-state index contributed by atoms with van der Waals surface area (Å²) in [6.45, 7) is 4.83. The number of amides is 1. The van der Waals surface area contributed by atoms with Crippen LogP contribution in [0, 0.1) is 5.92 Å². The lowest BCUT2D eigenvalue weighted by Gasteiger charge is -2.33. The van der Waals surface area contributed by atoms with Gasteiger partial charge in [0.25, 0.3) is 0 Å². The van der Waals surface area contributed by atoms with Gasteiger partial charge in [0.05, 0.1) is 12.1 Å². The number of nitrogens with one attached hydrogen (secondary N) is 1. The molecule has 0 aromatic heterocycles. The monoisotopic (exact) mass is 298 g/mol. The molecule has 3 aliphatic rings. The van der Waals surface area contributed by atoms with Crippen LogP contribution in [-0.2, 0) is 9.53 Å². The van der Waals surface area contributed by atoms with Gasteiger partial charge in [-0.05, 0) is 43.9 Å². The predicted octanol–water partition coefficient (Wildman–Crippen LogP) is 1.50. The molecule has 4 unspecified atom stereocenters. The molecule has 0 saturated carbocycles. The molecular weight excluding hydrogens is 272 g/mol. The average Bonchev–Trinajstić information content (AvgIpc) is 3.17. The molecular formula is C15H26N2O2S. The number of ether oxygens (including phenoxy) is 1. The lowest BCUT2D eigenvalue weighted by atomic mass is 10.0. The quantitative estimate of drug-likeness (QED) is 0.854. The van der Waals surface area contributed by atoms with Crippen molar-refractivity contribution in [2.45, 2.75) is 50.8 Å². The zero-order valence-corrected chi connectivity index (χ0v) is 13.2. The SMILES string of the molecule is CC1CCNC1C(=O)N(CC1CCCO1)C1CCSC1. The van der Waals surface area contributed by atoms with Gasteiger partial charge in [0.15, 0.2) is 0 Å². The van der Waals surface area contributed by atoms with Crippen LogP contribution in [0.2, 0.25) is 0 Å². The summed E-state index contributed by atoms with van der Waals surface area (Å²) in [6, 6.07) is 0.452. The lowest BCUT2D eigenvalue weighted by Crippen LogP contribution is -2.52. The topological polar surface area (TPSA) is 41.6 Å². The first-order valence-corrected chi connectivity index (χ1v) is 9.14. The predicted molar refractivity (Wildman–Crippen MR) is 82.0 cm³/mol. The minimum Gasteiger partial charge on any atom is -0.376 e. The Kier molecular flexibility index (Phi) is 4.89. The number of nitrogens with zero attached hydrogens (tertiary/aromatic N) is 1. The van der Waals surface area contributed by atoms with Gasteiger partial charge in [0, 0.05) is 24.9 Å². The van der Waals surface area contributed by atoms with E-state index in [-0.39, 0.29) is 12.1 Å². The third kappa shape index (κ3) is 3.15. The largest absolute Gasteiger partial charge is 0.376 e. The zero-order valence-electron chi connectivity index (χ0n) is 12.3. The molecule has 0 spiro atoms. The summed E-state index contributed by atoms with van der Waals surface area (Å²) in [5.41, 5.74) is 0. The molecule has 0 bridgehead atoms. The number of hydrogen-bond donors (Lipinski definition) is 1. The van der Waals surface area contributed by atoms with E-state index in [0.717, 1.165) is 51.1 Å². The van der Waals surface area contributed by atoms with Gasteiger partial charge in [0.1, 0.15) is 0 Å². The molecule has 114 valence electrons. The molecule has 4 atom stereocenters. The van der Waals surface area contributed by atoms with Gasteiger partial charge in [-0.1, -0.05) is 6.92 Å². The van der Waals surface area contributed by atoms with Crippen LogP contribution in [0.15, 0.2) is 0 Å². The molecule has 1 amide bonds. The van der Waals surface area contributed by atoms with Crippen molar-refractivity contribution >= 4 is 17.7 Å². The minimum absolute atomic E-state index is 0.0296. The van der Waals surface area contributed by atoms with Gasteiger partial charge in [0.2, 0.25) is 5.91 Å². The second kappa shape index (κ2) is 6.67. The van der Waals surface area contributed by atoms with E-state index in [2.05, 4.69) is 17.1 Å². The van der Waals surface area contributed by atoms with Crippen LogP contribution in [0.3, 0.4) is 0 Å². The standard InChI is InChI=1S/C15H26N2O2S/c1-11-4-6-16-14(11)15(18)17(12-5-8-20-10-12)9-13-3-2-7-19-13/h11-14,16H,2-10H2,1H3. The summed E-state index contributed by atoms with van der Waals surface area (Å²) in [5.74, 6) is 3.06. The number of carbonyl (C=O) groups excluding carboxylic acids is 1. The Morgan fingerprint density at radius 3 is 2.90 bits per heavy atom. The summed E-state index contributed by atoms with van der Waals surface area (Å²) in [5, 5.41) is 3.40. The first kappa shape index (κ1) is 14.7. The molecule has 0 aromatic carbocycles. The Balaban J connectivity index is 1.68. The van der Waals surface area contributed by atoms with Gasteiger partial charge >= 0.3 is 0 Å². The Bertz CT molecular complexity index is 341. The van der Waals surface area contributed by atoms with Gasteiger partial charge in [-0.2, -0.15) is 11.8 Å². The number of carbonyl (C=O) groups is 1. The van der Waals surface area contributed by atoms with Crippen LogP contribution in [0.25, 0.3) is 0 Å². The highest BCUT2D eigenvalue weighted by Gasteiger charge is 2.37. The Labute approximate surface area is 126 Å². The van der Waals surface area contributed by atoms with Crippen LogP contribution in [0.1, 0.15) is 32.6 Å². The van der Waals surface area contributed by atoms with E-state index in [4.69, 9.17) is 4.74 Å². The molecule has 3 aliphatic heterocycles. The van der Waals surface area contributed by atoms with E-state index in [0.29, 0.717) is 17.9 Å². The molecule has 4 nitrogen and oxygen atoms in total. The van der Waals surface area contributed by atoms with E-state index < -0.39 is 0 Å². The third-order valence-electron chi connectivity index (χ3n) is 4.85. The lowest BCUT2D eigenvalue weighted by molar-refractivity contribution is -0.137. The van der Waals surface area contributed by atoms with Crippen LogP contribution in [0.4, 0.5) is 0 Å². The molecule has 0 radical (unpaired) electrons. The van der Waals surface area contributed by atoms with E-state index in [1.165, 1.54) is 5.75 Å². The van der Waals surface area contributed by atoms with Crippen molar-refractivity contribution in [2.24, 2.45) is 5.92 Å². The maximum absolute atomic E-state index is 12.9. The molecule has 5 heteroatoms. The van der Waals surface area contributed by atoms with E-state index in [9.17, 15) is 4.79 Å². The smallest absolute Gasteiger partial charge is 0.240 e. The number of thioether (sulfide) groups is 1. The van der Waals surface area contributed by atoms with E-state index in [1.54, 1.807) is 0 Å². The van der Waals surface area contributed by atoms with Crippen molar-refractivity contribution in [1.82, 2.24) is 10.2 Å². The maximum Gasteiger partial charge on any atom is 0.240 e. The molecule has 3 fully saturated rings. The van der Waals surface area contributed by atoms with Crippen molar-refractivity contribution in [1.29, 1.82) is 0 Å². The zero-order chi connectivity index (χ0) is 13.9. The number of hydrogen-bond acceptors (Lipinski definition) is 4. The first-order valence-electron chi connectivity index (χ1n) is 7.99. The van der Waals surface area contributed by atoms with Crippen molar-refractivity contribution in [3.63, 3.8) is 0 Å². The molecule has 1 N–H and O–H groups in total. The molecule has 3 saturated heterocycles. The summed E-state index contributed by atoms with van der Waals surface area (Å²) in [4.78, 5) is 15.1. The normalized spacial score (nSPS) is 37.5. The second-order valence-corrected chi connectivity index (χ2v) is 7.49. The van der Waals surface area contributed by atoms with Crippen LogP contribution >= 0.6 is 11.8 Å². The Morgan fingerprint density at radius 1 is 1.40 bits per heavy atom. The van der Waals surface area contributed by atoms with Crippen molar-refractivity contribution in [3.8, 4) is 0 Å². The Morgan fingerprint density at radius 2 is 2.30 bits per heavy atom. The van der Waals surface area contributed by atoms with Gasteiger partial charge in [-0.25, -0.2) is 0 Å². The van der Waals surface area contributed by atoms with Gasteiger partial charge < -0.3 is 15.0 Å². The minimum atomic E-state index is 0.0296. The highest BCUT2D eigenvalue weighted by atomic mass is 32.2. The van der Waals surface area contributed by atoms with Crippen LogP contribution in [0.5, 0.6) is 0 Å². The molecule has 20 heavy (non-hydrogen) atoms. The third-order valence-corrected chi connectivity index (χ3v) is 6.00. The fraction of sp³-hybridized carbons (Fsp3) is 0.933. The average molecular weight is 298 g/mol. The summed E-state index contributed by atoms with van der Waals surface area (Å²) < 4.78 is 5.76. The highest BCUT2D eigenvalue weighted by molar-refractivity contribution is 7.99. The molecule has 3 heterocycles. The second-order valence-electron chi connectivity index (χ2n) is 6.34. The maximum atomic E-state index is 12.9. The summed E-state index contributed by atoms with van der Waals surface area (Å²) in [7, 11) is 0. The molecule has 0 aliphatic carbocycles. The Hall–Kier alpha value is -0.260. The summed E-state index contributed by atoms with van der Waals surface area (Å²) >= 11 is 1.97. The van der Waals surface area contributed by atoms with Crippen LogP contribution in [-0.4, -0.2) is 60.2 Å². The van der Waals surface area contributed by atoms with Crippen LogP contribution < -0.4 is 5.32 Å². The fourth-order valence-corrected chi connectivity index (χ4v) is 4.76. The van der Waals surface area contributed by atoms with E-state index >= 15 is 0 Å². The van der Waals surface area contributed by atoms with Gasteiger partial charge in [-0.3, -0.25) is 4.79 Å². The van der Waals surface area contributed by atoms with Crippen molar-refractivity contribution in [3.05, 3.63) is 0 Å². The van der Waals surface area contributed by atoms with Crippen molar-refractivity contribution in [2.75, 3.05) is 31.2 Å². The first-order chi connectivity index (χ1) is 9.75. The van der Waals surface area contributed by atoms with Gasteiger partial charge in [-0.15, -0.1) is 0 Å².